The molecular weight excluding hydrogens is 681 g/mol. The molecule has 6 rings (SSSR count). The molecule has 10 heteroatoms. The molecule has 2 heterocycles. The van der Waals surface area contributed by atoms with Crippen molar-refractivity contribution in [3.8, 4) is 0 Å². The van der Waals surface area contributed by atoms with Gasteiger partial charge >= 0.3 is 0 Å². The average molecular weight is 713 g/mol. The highest BCUT2D eigenvalue weighted by atomic mass is 32.2. The number of nitrogens with one attached hydrogen (secondary N) is 2. The Bertz CT molecular complexity index is 1740. The summed E-state index contributed by atoms with van der Waals surface area (Å²) in [6, 6.07) is 41.8. The maximum atomic E-state index is 5.43. The largest absolute Gasteiger partial charge is 0.267 e. The zero-order chi connectivity index (χ0) is 31.8. The number of hydrogen-bond donors (Lipinski definition) is 2. The lowest BCUT2D eigenvalue weighted by Gasteiger charge is -2.08. The standard InChI is InChI=1S/2C18H16N2S3/c2*21-18-17(23-13-15-9-5-2-6-10-15)16(11-19-20-18)22-12-14-7-3-1-4-8-14/h2*1-11H,12-13H2,(H,20,21). The molecule has 0 radical (unpaired) electrons. The van der Waals surface area contributed by atoms with Gasteiger partial charge in [0.05, 0.1) is 22.2 Å². The molecule has 2 aromatic heterocycles. The van der Waals surface area contributed by atoms with Gasteiger partial charge in [-0.25, -0.2) is 0 Å². The Balaban J connectivity index is 0.000000181. The van der Waals surface area contributed by atoms with Gasteiger partial charge in [0.2, 0.25) is 0 Å². The normalized spacial score (nSPS) is 10.6. The first-order valence-corrected chi connectivity index (χ1v) is 19.2. The molecule has 0 bridgehead atoms. The summed E-state index contributed by atoms with van der Waals surface area (Å²) in [6.45, 7) is 0. The molecule has 0 aliphatic rings. The first kappa shape index (κ1) is 34.2. The Morgan fingerprint density at radius 3 is 1.00 bits per heavy atom. The summed E-state index contributed by atoms with van der Waals surface area (Å²) >= 11 is 18.0. The molecule has 4 aromatic carbocycles. The van der Waals surface area contributed by atoms with E-state index in [4.69, 9.17) is 24.4 Å². The smallest absolute Gasteiger partial charge is 0.134 e. The van der Waals surface area contributed by atoms with Crippen LogP contribution in [0.15, 0.2) is 153 Å². The predicted octanol–water partition coefficient (Wildman–Crippen LogP) is 11.4. The van der Waals surface area contributed by atoms with Crippen LogP contribution < -0.4 is 0 Å². The van der Waals surface area contributed by atoms with Gasteiger partial charge in [-0.3, -0.25) is 10.2 Å². The van der Waals surface area contributed by atoms with Crippen LogP contribution in [0.2, 0.25) is 0 Å². The van der Waals surface area contributed by atoms with Gasteiger partial charge in [0.15, 0.2) is 0 Å². The van der Waals surface area contributed by atoms with Crippen molar-refractivity contribution < 1.29 is 0 Å². The van der Waals surface area contributed by atoms with Crippen LogP contribution >= 0.6 is 71.5 Å². The second-order valence-corrected chi connectivity index (χ2v) is 14.7. The molecule has 232 valence electrons. The number of aromatic amines is 2. The van der Waals surface area contributed by atoms with Gasteiger partial charge in [-0.05, 0) is 22.3 Å². The van der Waals surface area contributed by atoms with E-state index in [0.717, 1.165) is 42.6 Å². The molecule has 4 nitrogen and oxygen atoms in total. The van der Waals surface area contributed by atoms with E-state index in [1.54, 1.807) is 47.0 Å². The monoisotopic (exact) mass is 712 g/mol. The van der Waals surface area contributed by atoms with Crippen LogP contribution in [-0.4, -0.2) is 20.4 Å². The molecule has 0 atom stereocenters. The minimum Gasteiger partial charge on any atom is -0.267 e. The topological polar surface area (TPSA) is 57.4 Å². The van der Waals surface area contributed by atoms with E-state index in [9.17, 15) is 0 Å². The van der Waals surface area contributed by atoms with Crippen molar-refractivity contribution in [1.82, 2.24) is 20.4 Å². The molecule has 46 heavy (non-hydrogen) atoms. The van der Waals surface area contributed by atoms with E-state index in [0.29, 0.717) is 9.28 Å². The molecule has 0 saturated carbocycles. The van der Waals surface area contributed by atoms with E-state index in [1.165, 1.54) is 22.3 Å². The Kier molecular flexibility index (Phi) is 14.0. The fourth-order valence-corrected chi connectivity index (χ4v) is 9.17. The van der Waals surface area contributed by atoms with Crippen LogP contribution in [0.5, 0.6) is 0 Å². The van der Waals surface area contributed by atoms with Crippen LogP contribution in [0.25, 0.3) is 0 Å². The van der Waals surface area contributed by atoms with Crippen molar-refractivity contribution in [3.63, 3.8) is 0 Å². The Labute approximate surface area is 297 Å². The van der Waals surface area contributed by atoms with Gasteiger partial charge in [-0.2, -0.15) is 10.2 Å². The van der Waals surface area contributed by atoms with Crippen molar-refractivity contribution >= 4 is 71.5 Å². The van der Waals surface area contributed by atoms with E-state index in [1.807, 2.05) is 36.7 Å². The van der Waals surface area contributed by atoms with E-state index < -0.39 is 0 Å². The fourth-order valence-electron chi connectivity index (χ4n) is 4.15. The molecule has 0 amide bonds. The zero-order valence-corrected chi connectivity index (χ0v) is 29.8. The highest BCUT2D eigenvalue weighted by Gasteiger charge is 2.09. The van der Waals surface area contributed by atoms with Crippen LogP contribution in [0, 0.1) is 9.28 Å². The molecule has 0 spiro atoms. The van der Waals surface area contributed by atoms with Crippen molar-refractivity contribution in [2.24, 2.45) is 0 Å². The van der Waals surface area contributed by atoms with Gasteiger partial charge in [-0.1, -0.05) is 146 Å². The number of H-pyrrole nitrogens is 2. The third-order valence-corrected chi connectivity index (χ3v) is 12.2. The summed E-state index contributed by atoms with van der Waals surface area (Å²) in [4.78, 5) is 4.50. The van der Waals surface area contributed by atoms with Crippen molar-refractivity contribution in [3.05, 3.63) is 165 Å². The minimum atomic E-state index is 0.712. The summed E-state index contributed by atoms with van der Waals surface area (Å²) in [6.07, 6.45) is 3.74. The Morgan fingerprint density at radius 1 is 0.413 bits per heavy atom. The van der Waals surface area contributed by atoms with Crippen molar-refractivity contribution in [2.45, 2.75) is 42.6 Å². The van der Waals surface area contributed by atoms with Gasteiger partial charge in [0.25, 0.3) is 0 Å². The maximum absolute atomic E-state index is 5.43. The molecule has 0 saturated heterocycles. The summed E-state index contributed by atoms with van der Waals surface area (Å²) in [5, 5.41) is 14.1. The van der Waals surface area contributed by atoms with Gasteiger partial charge in [-0.15, -0.1) is 47.0 Å². The third kappa shape index (κ3) is 11.0. The van der Waals surface area contributed by atoms with Crippen LogP contribution in [0.1, 0.15) is 22.3 Å². The summed E-state index contributed by atoms with van der Waals surface area (Å²) in [7, 11) is 0. The lowest BCUT2D eigenvalue weighted by molar-refractivity contribution is 0.926. The van der Waals surface area contributed by atoms with Gasteiger partial charge < -0.3 is 0 Å². The van der Waals surface area contributed by atoms with Crippen molar-refractivity contribution in [2.75, 3.05) is 0 Å². The average Bonchev–Trinajstić information content (AvgIpc) is 3.11. The minimum absolute atomic E-state index is 0.712. The number of rotatable bonds is 12. The lowest BCUT2D eigenvalue weighted by Crippen LogP contribution is -1.90. The van der Waals surface area contributed by atoms with E-state index >= 15 is 0 Å². The van der Waals surface area contributed by atoms with Crippen LogP contribution in [0.4, 0.5) is 0 Å². The van der Waals surface area contributed by atoms with E-state index in [2.05, 4.69) is 117 Å². The molecule has 6 aromatic rings. The molecular formula is C36H32N4S6. The number of nitrogens with zero attached hydrogens (tertiary/aromatic N) is 2. The number of hydrogen-bond acceptors (Lipinski definition) is 8. The SMILES string of the molecule is S=c1[nH]ncc(SCc2ccccc2)c1SCc1ccccc1.S=c1[nH]ncc(SCc2ccccc2)c1SCc1ccccc1. The number of benzene rings is 4. The molecule has 0 aliphatic heterocycles. The lowest BCUT2D eigenvalue weighted by atomic mass is 10.2. The molecule has 0 fully saturated rings. The van der Waals surface area contributed by atoms with Gasteiger partial charge in [0.1, 0.15) is 9.28 Å². The van der Waals surface area contributed by atoms with Gasteiger partial charge in [0, 0.05) is 32.8 Å². The molecule has 2 N–H and O–H groups in total. The number of aromatic nitrogens is 4. The summed E-state index contributed by atoms with van der Waals surface area (Å²) in [5.74, 6) is 3.64. The second kappa shape index (κ2) is 18.9. The van der Waals surface area contributed by atoms with E-state index in [-0.39, 0.29) is 0 Å². The predicted molar refractivity (Wildman–Crippen MR) is 203 cm³/mol. The first-order valence-electron chi connectivity index (χ1n) is 14.5. The summed E-state index contributed by atoms with van der Waals surface area (Å²) < 4.78 is 1.42. The highest BCUT2D eigenvalue weighted by Crippen LogP contribution is 2.35. The number of thioether (sulfide) groups is 4. The second-order valence-electron chi connectivity index (χ2n) is 9.88. The van der Waals surface area contributed by atoms with Crippen molar-refractivity contribution in [1.29, 1.82) is 0 Å². The Hall–Kier alpha value is -3.12. The quantitative estimate of drug-likeness (QED) is 0.0961. The highest BCUT2D eigenvalue weighted by molar-refractivity contribution is 8.02. The maximum Gasteiger partial charge on any atom is 0.134 e. The first-order chi connectivity index (χ1) is 22.7. The fraction of sp³-hybridized carbons (Fsp3) is 0.111. The Morgan fingerprint density at radius 2 is 0.696 bits per heavy atom. The zero-order valence-electron chi connectivity index (χ0n) is 24.9. The molecule has 0 aliphatic carbocycles. The third-order valence-electron chi connectivity index (χ3n) is 6.48. The molecule has 0 unspecified atom stereocenters. The van der Waals surface area contributed by atoms with Crippen LogP contribution in [-0.2, 0) is 23.0 Å². The van der Waals surface area contributed by atoms with Crippen LogP contribution in [0.3, 0.4) is 0 Å². The summed E-state index contributed by atoms with van der Waals surface area (Å²) in [5.41, 5.74) is 5.19.